The molecule has 0 spiro atoms. The Balaban J connectivity index is 1.37. The van der Waals surface area contributed by atoms with E-state index in [4.69, 9.17) is 0 Å². The van der Waals surface area contributed by atoms with E-state index in [1.54, 1.807) is 35.2 Å². The molecule has 142 valence electrons. The number of para-hydroxylation sites is 1. The predicted molar refractivity (Wildman–Crippen MR) is 103 cm³/mol. The fraction of sp³-hybridized carbons (Fsp3) is 0.222. The average Bonchev–Trinajstić information content (AvgIpc) is 3.35. The minimum Gasteiger partial charge on any atom is -0.354 e. The highest BCUT2D eigenvalue weighted by Crippen LogP contribution is 2.23. The Morgan fingerprint density at radius 1 is 1.11 bits per heavy atom. The Kier molecular flexibility index (Phi) is 3.95. The zero-order chi connectivity index (χ0) is 19.1. The molecular formula is C18H17N7O2S. The van der Waals surface area contributed by atoms with Crippen molar-refractivity contribution in [1.82, 2.24) is 29.5 Å². The molecule has 9 nitrogen and oxygen atoms in total. The van der Waals surface area contributed by atoms with Crippen LogP contribution < -0.4 is 9.62 Å². The lowest BCUT2D eigenvalue weighted by atomic mass is 10.2. The molecule has 3 aromatic heterocycles. The van der Waals surface area contributed by atoms with Gasteiger partial charge in [0.15, 0.2) is 5.65 Å². The van der Waals surface area contributed by atoms with Crippen LogP contribution >= 0.6 is 0 Å². The monoisotopic (exact) mass is 395 g/mol. The number of fused-ring (bicyclic) bond motifs is 2. The van der Waals surface area contributed by atoms with Gasteiger partial charge in [0.05, 0.1) is 5.52 Å². The number of aromatic nitrogens is 5. The molecule has 0 aliphatic carbocycles. The van der Waals surface area contributed by atoms with Crippen LogP contribution in [0.25, 0.3) is 16.6 Å². The summed E-state index contributed by atoms with van der Waals surface area (Å²) in [6.07, 6.45) is 3.84. The van der Waals surface area contributed by atoms with Crippen molar-refractivity contribution < 1.29 is 8.42 Å². The van der Waals surface area contributed by atoms with Gasteiger partial charge in [0.1, 0.15) is 17.0 Å². The minimum atomic E-state index is -3.69. The summed E-state index contributed by atoms with van der Waals surface area (Å²) in [7, 11) is -3.69. The average molecular weight is 395 g/mol. The molecule has 4 heterocycles. The second-order valence-electron chi connectivity index (χ2n) is 6.71. The summed E-state index contributed by atoms with van der Waals surface area (Å²) in [5.74, 6) is 0.765. The first kappa shape index (κ1) is 17.0. The van der Waals surface area contributed by atoms with E-state index in [2.05, 4.69) is 25.0 Å². The maximum absolute atomic E-state index is 13.0. The van der Waals surface area contributed by atoms with Crippen molar-refractivity contribution in [2.45, 2.75) is 17.4 Å². The predicted octanol–water partition coefficient (Wildman–Crippen LogP) is 1.23. The van der Waals surface area contributed by atoms with Gasteiger partial charge in [-0.25, -0.2) is 13.1 Å². The number of nitrogens with zero attached hydrogens (tertiary/aromatic N) is 6. The Morgan fingerprint density at radius 3 is 2.93 bits per heavy atom. The molecule has 0 amide bonds. The summed E-state index contributed by atoms with van der Waals surface area (Å²) < 4.78 is 30.4. The van der Waals surface area contributed by atoms with Crippen molar-refractivity contribution in [3.63, 3.8) is 0 Å². The molecule has 1 saturated heterocycles. The molecule has 5 rings (SSSR count). The summed E-state index contributed by atoms with van der Waals surface area (Å²) in [4.78, 5) is 6.51. The molecular weight excluding hydrogens is 378 g/mol. The zero-order valence-electron chi connectivity index (χ0n) is 14.8. The quantitative estimate of drug-likeness (QED) is 0.554. The molecule has 0 saturated carbocycles. The van der Waals surface area contributed by atoms with Crippen LogP contribution in [0.2, 0.25) is 0 Å². The van der Waals surface area contributed by atoms with Crippen LogP contribution in [0.5, 0.6) is 0 Å². The molecule has 0 radical (unpaired) electrons. The molecule has 10 heteroatoms. The van der Waals surface area contributed by atoms with Crippen molar-refractivity contribution >= 4 is 32.4 Å². The molecule has 1 fully saturated rings. The lowest BCUT2D eigenvalue weighted by Gasteiger charge is -2.18. The van der Waals surface area contributed by atoms with Crippen molar-refractivity contribution in [1.29, 1.82) is 0 Å². The summed E-state index contributed by atoms with van der Waals surface area (Å²) in [5, 5.41) is 13.0. The Hall–Kier alpha value is -3.11. The minimum absolute atomic E-state index is 0.202. The first-order chi connectivity index (χ1) is 13.6. The van der Waals surface area contributed by atoms with E-state index in [0.717, 1.165) is 11.2 Å². The topological polar surface area (TPSA) is 105 Å². The zero-order valence-corrected chi connectivity index (χ0v) is 15.6. The number of hydrogen-bond donors (Lipinski definition) is 1. The SMILES string of the molecule is O=S(=O)(N[C@H]1CCN(c2ccc3nncn3n2)C1)c1cccc2cccnc12. The largest absolute Gasteiger partial charge is 0.354 e. The standard InChI is InChI=1S/C18H17N7O2S/c26-28(27,15-5-1-3-13-4-2-9-19-18(13)15)23-14-8-10-24(11-14)17-7-6-16-21-20-12-25(16)22-17/h1-7,9,12,14,23H,8,10-11H2/t14-/m0/s1. The van der Waals surface area contributed by atoms with Crippen molar-refractivity contribution in [2.75, 3.05) is 18.0 Å². The van der Waals surface area contributed by atoms with Crippen LogP contribution in [0.1, 0.15) is 6.42 Å². The third-order valence-corrected chi connectivity index (χ3v) is 6.42. The third kappa shape index (κ3) is 2.96. The maximum atomic E-state index is 13.0. The fourth-order valence-electron chi connectivity index (χ4n) is 3.53. The van der Waals surface area contributed by atoms with Crippen molar-refractivity contribution in [2.24, 2.45) is 0 Å². The summed E-state index contributed by atoms with van der Waals surface area (Å²) >= 11 is 0. The van der Waals surface area contributed by atoms with Crippen LogP contribution in [0, 0.1) is 0 Å². The molecule has 1 aromatic carbocycles. The maximum Gasteiger partial charge on any atom is 0.243 e. The number of nitrogens with one attached hydrogen (secondary N) is 1. The van der Waals surface area contributed by atoms with Gasteiger partial charge >= 0.3 is 0 Å². The van der Waals surface area contributed by atoms with Crippen LogP contribution in [-0.2, 0) is 10.0 Å². The van der Waals surface area contributed by atoms with Crippen LogP contribution in [-0.4, -0.2) is 52.3 Å². The van der Waals surface area contributed by atoms with E-state index in [9.17, 15) is 8.42 Å². The number of sulfonamides is 1. The molecule has 4 aromatic rings. The lowest BCUT2D eigenvalue weighted by molar-refractivity contribution is 0.562. The molecule has 1 aliphatic heterocycles. The van der Waals surface area contributed by atoms with Crippen molar-refractivity contribution in [3.8, 4) is 0 Å². The normalized spacial score (nSPS) is 17.6. The highest BCUT2D eigenvalue weighted by Gasteiger charge is 2.29. The number of benzene rings is 1. The van der Waals surface area contributed by atoms with Crippen LogP contribution in [0.4, 0.5) is 5.82 Å². The molecule has 1 aliphatic rings. The molecule has 0 bridgehead atoms. The Bertz CT molecular complexity index is 1270. The summed E-state index contributed by atoms with van der Waals surface area (Å²) in [6.45, 7) is 1.25. The van der Waals surface area contributed by atoms with Gasteiger partial charge in [-0.2, -0.15) is 4.52 Å². The van der Waals surface area contributed by atoms with E-state index in [-0.39, 0.29) is 10.9 Å². The summed E-state index contributed by atoms with van der Waals surface area (Å²) in [5.41, 5.74) is 1.15. The first-order valence-electron chi connectivity index (χ1n) is 8.88. The van der Waals surface area contributed by atoms with Gasteiger partial charge in [-0.15, -0.1) is 15.3 Å². The van der Waals surface area contributed by atoms with Gasteiger partial charge in [0.2, 0.25) is 10.0 Å². The van der Waals surface area contributed by atoms with Gasteiger partial charge in [0.25, 0.3) is 0 Å². The fourth-order valence-corrected chi connectivity index (χ4v) is 4.97. The number of anilines is 1. The molecule has 0 unspecified atom stereocenters. The van der Waals surface area contributed by atoms with Gasteiger partial charge < -0.3 is 4.90 Å². The van der Waals surface area contributed by atoms with E-state index in [1.807, 2.05) is 29.2 Å². The lowest BCUT2D eigenvalue weighted by Crippen LogP contribution is -2.37. The third-order valence-electron chi connectivity index (χ3n) is 4.87. The molecule has 28 heavy (non-hydrogen) atoms. The van der Waals surface area contributed by atoms with E-state index < -0.39 is 10.0 Å². The second-order valence-corrected chi connectivity index (χ2v) is 8.39. The highest BCUT2D eigenvalue weighted by molar-refractivity contribution is 7.89. The number of pyridine rings is 1. The van der Waals surface area contributed by atoms with Gasteiger partial charge in [-0.05, 0) is 30.7 Å². The van der Waals surface area contributed by atoms with Crippen molar-refractivity contribution in [3.05, 3.63) is 55.0 Å². The summed E-state index contributed by atoms with van der Waals surface area (Å²) in [6, 6.07) is 12.3. The highest BCUT2D eigenvalue weighted by atomic mass is 32.2. The molecule has 1 atom stereocenters. The van der Waals surface area contributed by atoms with Crippen LogP contribution in [0.3, 0.4) is 0 Å². The Labute approximate surface area is 161 Å². The number of rotatable bonds is 4. The van der Waals surface area contributed by atoms with E-state index in [0.29, 0.717) is 30.7 Å². The number of hydrogen-bond acceptors (Lipinski definition) is 7. The van der Waals surface area contributed by atoms with E-state index in [1.165, 1.54) is 0 Å². The molecule has 1 N–H and O–H groups in total. The Morgan fingerprint density at radius 2 is 2.00 bits per heavy atom. The van der Waals surface area contributed by atoms with Gasteiger partial charge in [0, 0.05) is 30.7 Å². The second kappa shape index (κ2) is 6.50. The first-order valence-corrected chi connectivity index (χ1v) is 10.4. The van der Waals surface area contributed by atoms with Gasteiger partial charge in [-0.3, -0.25) is 4.98 Å². The smallest absolute Gasteiger partial charge is 0.243 e. The van der Waals surface area contributed by atoms with E-state index >= 15 is 0 Å². The van der Waals surface area contributed by atoms with Crippen LogP contribution in [0.15, 0.2) is 59.9 Å². The van der Waals surface area contributed by atoms with Gasteiger partial charge in [-0.1, -0.05) is 18.2 Å².